The van der Waals surface area contributed by atoms with E-state index in [1.165, 1.54) is 6.07 Å². The van der Waals surface area contributed by atoms with Gasteiger partial charge < -0.3 is 5.11 Å². The molecule has 1 atom stereocenters. The molecule has 0 aliphatic rings. The van der Waals surface area contributed by atoms with Gasteiger partial charge in [0.15, 0.2) is 0 Å². The number of aryl methyl sites for hydroxylation is 2. The van der Waals surface area contributed by atoms with Gasteiger partial charge in [0.2, 0.25) is 0 Å². The number of rotatable bonds is 4. The molecule has 0 radical (unpaired) electrons. The Balaban J connectivity index is 2.09. The molecule has 2 rings (SSSR count). The minimum atomic E-state index is -0.691. The summed E-state index contributed by atoms with van der Waals surface area (Å²) < 4.78 is 15.3. The van der Waals surface area contributed by atoms with Gasteiger partial charge in [-0.15, -0.1) is 0 Å². The van der Waals surface area contributed by atoms with Crippen molar-refractivity contribution >= 4 is 11.6 Å². The van der Waals surface area contributed by atoms with Gasteiger partial charge in [-0.3, -0.25) is 4.68 Å². The predicted molar refractivity (Wildman–Crippen MR) is 72.8 cm³/mol. The molecule has 3 nitrogen and oxygen atoms in total. The molecule has 0 aliphatic carbocycles. The first-order valence-electron chi connectivity index (χ1n) is 6.08. The molecule has 19 heavy (non-hydrogen) atoms. The van der Waals surface area contributed by atoms with Crippen LogP contribution in [0.3, 0.4) is 0 Å². The summed E-state index contributed by atoms with van der Waals surface area (Å²) in [4.78, 5) is 0. The van der Waals surface area contributed by atoms with E-state index in [0.29, 0.717) is 17.0 Å². The first-order valence-corrected chi connectivity index (χ1v) is 6.45. The number of aliphatic hydroxyl groups excluding tert-OH is 1. The van der Waals surface area contributed by atoms with Gasteiger partial charge in [-0.25, -0.2) is 4.39 Å². The van der Waals surface area contributed by atoms with Crippen LogP contribution in [0.5, 0.6) is 0 Å². The minimum absolute atomic E-state index is 0.190. The number of hydrogen-bond donors (Lipinski definition) is 1. The second-order valence-electron chi connectivity index (χ2n) is 4.66. The number of halogens is 2. The highest BCUT2D eigenvalue weighted by Crippen LogP contribution is 2.21. The van der Waals surface area contributed by atoms with Crippen molar-refractivity contribution in [1.29, 1.82) is 0 Å². The van der Waals surface area contributed by atoms with Gasteiger partial charge in [0.1, 0.15) is 5.82 Å². The average molecular weight is 283 g/mol. The third-order valence-corrected chi connectivity index (χ3v) is 3.40. The van der Waals surface area contributed by atoms with Crippen LogP contribution in [0.4, 0.5) is 4.39 Å². The topological polar surface area (TPSA) is 38.0 Å². The Morgan fingerprint density at radius 2 is 2.16 bits per heavy atom. The zero-order chi connectivity index (χ0) is 14.0. The average Bonchev–Trinajstić information content (AvgIpc) is 2.63. The van der Waals surface area contributed by atoms with Gasteiger partial charge in [-0.1, -0.05) is 17.7 Å². The lowest BCUT2D eigenvalue weighted by atomic mass is 10.0. The lowest BCUT2D eigenvalue weighted by Crippen LogP contribution is -2.17. The Labute approximate surface area is 116 Å². The summed E-state index contributed by atoms with van der Waals surface area (Å²) in [5, 5.41) is 14.6. The fourth-order valence-corrected chi connectivity index (χ4v) is 2.37. The summed E-state index contributed by atoms with van der Waals surface area (Å²) in [6.45, 7) is 1.89. The highest BCUT2D eigenvalue weighted by molar-refractivity contribution is 6.31. The Morgan fingerprint density at radius 3 is 2.74 bits per heavy atom. The fraction of sp³-hybridized carbons (Fsp3) is 0.357. The lowest BCUT2D eigenvalue weighted by Gasteiger charge is -2.12. The van der Waals surface area contributed by atoms with Crippen LogP contribution in [0.2, 0.25) is 5.02 Å². The fourth-order valence-electron chi connectivity index (χ4n) is 2.13. The van der Waals surface area contributed by atoms with E-state index in [4.69, 9.17) is 11.6 Å². The van der Waals surface area contributed by atoms with Crippen molar-refractivity contribution in [3.8, 4) is 0 Å². The Morgan fingerprint density at radius 1 is 1.42 bits per heavy atom. The molecule has 0 saturated carbocycles. The van der Waals surface area contributed by atoms with Crippen LogP contribution < -0.4 is 0 Å². The maximum Gasteiger partial charge on any atom is 0.127 e. The summed E-state index contributed by atoms with van der Waals surface area (Å²) in [6, 6.07) is 6.44. The van der Waals surface area contributed by atoms with E-state index in [0.717, 1.165) is 11.4 Å². The van der Waals surface area contributed by atoms with Crippen molar-refractivity contribution in [2.45, 2.75) is 25.9 Å². The van der Waals surface area contributed by atoms with Crippen LogP contribution in [0, 0.1) is 12.7 Å². The van der Waals surface area contributed by atoms with Crippen molar-refractivity contribution in [1.82, 2.24) is 9.78 Å². The minimum Gasteiger partial charge on any atom is -0.392 e. The highest BCUT2D eigenvalue weighted by Gasteiger charge is 2.15. The largest absolute Gasteiger partial charge is 0.392 e. The smallest absolute Gasteiger partial charge is 0.127 e. The molecular weight excluding hydrogens is 267 g/mol. The summed E-state index contributed by atoms with van der Waals surface area (Å²) >= 11 is 5.94. The van der Waals surface area contributed by atoms with E-state index in [1.54, 1.807) is 16.8 Å². The summed E-state index contributed by atoms with van der Waals surface area (Å²) in [7, 11) is 1.82. The zero-order valence-electron chi connectivity index (χ0n) is 10.9. The molecule has 0 spiro atoms. The number of benzene rings is 1. The Bertz CT molecular complexity index is 563. The number of hydrogen-bond acceptors (Lipinski definition) is 2. The molecule has 0 amide bonds. The quantitative estimate of drug-likeness (QED) is 0.936. The molecule has 1 unspecified atom stereocenters. The molecule has 2 aromatic rings. The van der Waals surface area contributed by atoms with Crippen LogP contribution in [-0.4, -0.2) is 21.0 Å². The van der Waals surface area contributed by atoms with Crippen LogP contribution >= 0.6 is 11.6 Å². The Kier molecular flexibility index (Phi) is 4.22. The van der Waals surface area contributed by atoms with Crippen molar-refractivity contribution in [3.63, 3.8) is 0 Å². The number of nitrogens with zero attached hydrogens (tertiary/aromatic N) is 2. The Hall–Kier alpha value is -1.39. The third kappa shape index (κ3) is 3.33. The molecule has 1 aromatic carbocycles. The monoisotopic (exact) mass is 282 g/mol. The number of aliphatic hydroxyl groups is 1. The first kappa shape index (κ1) is 14.0. The van der Waals surface area contributed by atoms with Crippen LogP contribution in [0.1, 0.15) is 17.0 Å². The van der Waals surface area contributed by atoms with E-state index in [1.807, 2.05) is 20.0 Å². The first-order chi connectivity index (χ1) is 8.97. The zero-order valence-corrected chi connectivity index (χ0v) is 11.7. The number of aromatic nitrogens is 2. The lowest BCUT2D eigenvalue weighted by molar-refractivity contribution is 0.171. The van der Waals surface area contributed by atoms with Crippen molar-refractivity contribution < 1.29 is 9.50 Å². The van der Waals surface area contributed by atoms with Crippen molar-refractivity contribution in [2.24, 2.45) is 7.05 Å². The molecule has 0 saturated heterocycles. The SMILES string of the molecule is Cc1cc(CC(O)Cc2c(F)cccc2Cl)n(C)n1. The maximum absolute atomic E-state index is 13.6. The molecule has 0 aliphatic heterocycles. The van der Waals surface area contributed by atoms with Gasteiger partial charge in [0.05, 0.1) is 11.8 Å². The molecule has 1 heterocycles. The van der Waals surface area contributed by atoms with Gasteiger partial charge in [-0.05, 0) is 25.1 Å². The van der Waals surface area contributed by atoms with E-state index < -0.39 is 6.10 Å². The summed E-state index contributed by atoms with van der Waals surface area (Å²) in [5.41, 5.74) is 2.17. The van der Waals surface area contributed by atoms with Crippen LogP contribution in [0.15, 0.2) is 24.3 Å². The molecule has 5 heteroatoms. The summed E-state index contributed by atoms with van der Waals surface area (Å²) in [6.07, 6.45) is -0.0817. The van der Waals surface area contributed by atoms with E-state index in [2.05, 4.69) is 5.10 Å². The normalized spacial score (nSPS) is 12.7. The van der Waals surface area contributed by atoms with Crippen molar-refractivity contribution in [2.75, 3.05) is 0 Å². The standard InChI is InChI=1S/C14H16ClFN2O/c1-9-6-10(18(2)17-9)7-11(19)8-12-13(15)4-3-5-14(12)16/h3-6,11,19H,7-8H2,1-2H3. The van der Waals surface area contributed by atoms with Crippen molar-refractivity contribution in [3.05, 3.63) is 52.1 Å². The maximum atomic E-state index is 13.6. The molecule has 1 aromatic heterocycles. The van der Waals surface area contributed by atoms with E-state index in [9.17, 15) is 9.50 Å². The highest BCUT2D eigenvalue weighted by atomic mass is 35.5. The molecule has 102 valence electrons. The van der Waals surface area contributed by atoms with Gasteiger partial charge >= 0.3 is 0 Å². The second-order valence-corrected chi connectivity index (χ2v) is 5.07. The van der Waals surface area contributed by atoms with Gasteiger partial charge in [0, 0.05) is 36.2 Å². The summed E-state index contributed by atoms with van der Waals surface area (Å²) in [5.74, 6) is -0.382. The molecule has 1 N–H and O–H groups in total. The predicted octanol–water partition coefficient (Wildman–Crippen LogP) is 2.67. The molecule has 0 bridgehead atoms. The van der Waals surface area contributed by atoms with E-state index >= 15 is 0 Å². The van der Waals surface area contributed by atoms with Gasteiger partial charge in [-0.2, -0.15) is 5.10 Å². The van der Waals surface area contributed by atoms with Crippen LogP contribution in [-0.2, 0) is 19.9 Å². The third-order valence-electron chi connectivity index (χ3n) is 3.05. The van der Waals surface area contributed by atoms with E-state index in [-0.39, 0.29) is 12.2 Å². The van der Waals surface area contributed by atoms with Crippen LogP contribution in [0.25, 0.3) is 0 Å². The van der Waals surface area contributed by atoms with Gasteiger partial charge in [0.25, 0.3) is 0 Å². The second kappa shape index (κ2) is 5.72. The molecule has 0 fully saturated rings. The molecular formula is C14H16ClFN2O.